The Labute approximate surface area is 157 Å². The summed E-state index contributed by atoms with van der Waals surface area (Å²) in [5.74, 6) is 0.934. The van der Waals surface area contributed by atoms with Gasteiger partial charge >= 0.3 is 0 Å². The summed E-state index contributed by atoms with van der Waals surface area (Å²) < 4.78 is 11.5. The molecule has 0 aliphatic carbocycles. The minimum absolute atomic E-state index is 0.268. The second-order valence-corrected chi connectivity index (χ2v) is 7.02. The number of benzene rings is 2. The third-order valence-electron chi connectivity index (χ3n) is 5.03. The zero-order valence-corrected chi connectivity index (χ0v) is 15.8. The molecule has 2 unspecified atom stereocenters. The van der Waals surface area contributed by atoms with E-state index in [2.05, 4.69) is 66.8 Å². The van der Waals surface area contributed by atoms with Crippen molar-refractivity contribution in [1.82, 2.24) is 5.32 Å². The van der Waals surface area contributed by atoms with Crippen molar-refractivity contribution in [3.8, 4) is 5.75 Å². The number of nitrogens with one attached hydrogen (secondary N) is 1. The Balaban J connectivity index is 1.41. The second-order valence-electron chi connectivity index (χ2n) is 7.02. The van der Waals surface area contributed by atoms with Gasteiger partial charge in [-0.3, -0.25) is 0 Å². The van der Waals surface area contributed by atoms with E-state index in [1.54, 1.807) is 0 Å². The molecule has 0 bridgehead atoms. The largest absolute Gasteiger partial charge is 0.491 e. The molecule has 2 atom stereocenters. The van der Waals surface area contributed by atoms with E-state index in [-0.39, 0.29) is 6.10 Å². The second kappa shape index (κ2) is 10.3. The number of hydrogen-bond donors (Lipinski definition) is 1. The van der Waals surface area contributed by atoms with Crippen molar-refractivity contribution in [2.45, 2.75) is 51.2 Å². The highest BCUT2D eigenvalue weighted by Gasteiger charge is 2.16. The maximum atomic E-state index is 5.86. The van der Waals surface area contributed by atoms with Crippen molar-refractivity contribution in [3.63, 3.8) is 0 Å². The lowest BCUT2D eigenvalue weighted by atomic mass is 10.0. The summed E-state index contributed by atoms with van der Waals surface area (Å²) in [6.07, 6.45) is 5.90. The van der Waals surface area contributed by atoms with E-state index in [4.69, 9.17) is 9.47 Å². The van der Waals surface area contributed by atoms with Gasteiger partial charge in [-0.25, -0.2) is 0 Å². The van der Waals surface area contributed by atoms with E-state index in [0.717, 1.165) is 51.0 Å². The Kier molecular flexibility index (Phi) is 7.53. The van der Waals surface area contributed by atoms with Gasteiger partial charge in [-0.05, 0) is 61.9 Å². The fraction of sp³-hybridized carbons (Fsp3) is 0.478. The highest BCUT2D eigenvalue weighted by atomic mass is 16.5. The molecular weight excluding hydrogens is 322 g/mol. The fourth-order valence-corrected chi connectivity index (χ4v) is 3.47. The van der Waals surface area contributed by atoms with Crippen LogP contribution in [-0.2, 0) is 11.2 Å². The van der Waals surface area contributed by atoms with Gasteiger partial charge in [0.05, 0.1) is 6.10 Å². The third-order valence-corrected chi connectivity index (χ3v) is 5.03. The molecule has 1 aliphatic rings. The van der Waals surface area contributed by atoms with Crippen LogP contribution < -0.4 is 10.1 Å². The van der Waals surface area contributed by atoms with Gasteiger partial charge in [0.1, 0.15) is 12.4 Å². The van der Waals surface area contributed by atoms with Crippen molar-refractivity contribution in [2.24, 2.45) is 0 Å². The number of rotatable bonds is 10. The lowest BCUT2D eigenvalue weighted by molar-refractivity contribution is 0.0679. The summed E-state index contributed by atoms with van der Waals surface area (Å²) in [6, 6.07) is 19.6. The first-order valence-electron chi connectivity index (χ1n) is 9.97. The molecule has 1 aliphatic heterocycles. The van der Waals surface area contributed by atoms with Crippen LogP contribution >= 0.6 is 0 Å². The van der Waals surface area contributed by atoms with E-state index in [1.807, 2.05) is 0 Å². The van der Waals surface area contributed by atoms with E-state index >= 15 is 0 Å². The van der Waals surface area contributed by atoms with E-state index in [0.29, 0.717) is 12.6 Å². The van der Waals surface area contributed by atoms with Gasteiger partial charge in [0.15, 0.2) is 0 Å². The predicted molar refractivity (Wildman–Crippen MR) is 107 cm³/mol. The summed E-state index contributed by atoms with van der Waals surface area (Å²) in [5.41, 5.74) is 2.74. The topological polar surface area (TPSA) is 30.5 Å². The fourth-order valence-electron chi connectivity index (χ4n) is 3.47. The summed E-state index contributed by atoms with van der Waals surface area (Å²) in [5, 5.41) is 3.69. The van der Waals surface area contributed by atoms with Crippen molar-refractivity contribution in [3.05, 3.63) is 65.7 Å². The third kappa shape index (κ3) is 5.86. The zero-order valence-electron chi connectivity index (χ0n) is 15.8. The van der Waals surface area contributed by atoms with Gasteiger partial charge in [0, 0.05) is 12.6 Å². The van der Waals surface area contributed by atoms with E-state index in [1.165, 1.54) is 11.1 Å². The number of aryl methyl sites for hydroxylation is 1. The summed E-state index contributed by atoms with van der Waals surface area (Å²) >= 11 is 0. The van der Waals surface area contributed by atoms with Crippen LogP contribution in [0.2, 0.25) is 0 Å². The van der Waals surface area contributed by atoms with E-state index in [9.17, 15) is 0 Å². The number of hydrogen-bond acceptors (Lipinski definition) is 3. The smallest absolute Gasteiger partial charge is 0.119 e. The molecule has 3 rings (SSSR count). The molecule has 3 heteroatoms. The van der Waals surface area contributed by atoms with Crippen LogP contribution in [0.5, 0.6) is 5.75 Å². The molecule has 0 amide bonds. The lowest BCUT2D eigenvalue weighted by Crippen LogP contribution is -2.22. The molecule has 1 fully saturated rings. The van der Waals surface area contributed by atoms with Crippen molar-refractivity contribution in [1.29, 1.82) is 0 Å². The zero-order chi connectivity index (χ0) is 18.0. The quantitative estimate of drug-likeness (QED) is 0.615. The van der Waals surface area contributed by atoms with Crippen LogP contribution in [0.4, 0.5) is 0 Å². The van der Waals surface area contributed by atoms with Gasteiger partial charge in [0.25, 0.3) is 0 Å². The van der Waals surface area contributed by atoms with Gasteiger partial charge < -0.3 is 14.8 Å². The standard InChI is InChI=1S/C23H31NO2/c1-2-23(24-16-6-10-19-8-4-3-5-9-19)20-12-14-21(15-13-20)26-18-22-11-7-17-25-22/h3-5,8-9,12-15,22-24H,2,6-7,10-11,16-18H2,1H3. The number of ether oxygens (including phenoxy) is 2. The Morgan fingerprint density at radius 2 is 1.92 bits per heavy atom. The normalized spacial score (nSPS) is 18.0. The lowest BCUT2D eigenvalue weighted by Gasteiger charge is -2.18. The average Bonchev–Trinajstić information content (AvgIpc) is 3.22. The van der Waals surface area contributed by atoms with Crippen LogP contribution in [-0.4, -0.2) is 25.9 Å². The molecule has 2 aromatic carbocycles. The monoisotopic (exact) mass is 353 g/mol. The maximum Gasteiger partial charge on any atom is 0.119 e. The molecule has 0 radical (unpaired) electrons. The Bertz CT molecular complexity index is 620. The molecule has 2 aromatic rings. The SMILES string of the molecule is CCC(NCCCc1ccccc1)c1ccc(OCC2CCCO2)cc1. The highest BCUT2D eigenvalue weighted by Crippen LogP contribution is 2.21. The predicted octanol–water partition coefficient (Wildman–Crippen LogP) is 4.92. The average molecular weight is 354 g/mol. The molecule has 140 valence electrons. The van der Waals surface area contributed by atoms with Gasteiger partial charge in [-0.2, -0.15) is 0 Å². The van der Waals surface area contributed by atoms with Crippen molar-refractivity contribution < 1.29 is 9.47 Å². The highest BCUT2D eigenvalue weighted by molar-refractivity contribution is 5.29. The summed E-state index contributed by atoms with van der Waals surface area (Å²) in [7, 11) is 0. The van der Waals surface area contributed by atoms with Crippen molar-refractivity contribution in [2.75, 3.05) is 19.8 Å². The first-order valence-corrected chi connectivity index (χ1v) is 9.97. The molecule has 26 heavy (non-hydrogen) atoms. The Morgan fingerprint density at radius 1 is 1.12 bits per heavy atom. The Hall–Kier alpha value is -1.84. The molecule has 1 heterocycles. The summed E-state index contributed by atoms with van der Waals surface area (Å²) in [6.45, 7) is 4.80. The first-order chi connectivity index (χ1) is 12.8. The maximum absolute atomic E-state index is 5.86. The first kappa shape index (κ1) is 18.9. The molecule has 0 saturated carbocycles. The van der Waals surface area contributed by atoms with Gasteiger partial charge in [0.2, 0.25) is 0 Å². The van der Waals surface area contributed by atoms with Gasteiger partial charge in [-0.1, -0.05) is 49.4 Å². The molecule has 1 saturated heterocycles. The van der Waals surface area contributed by atoms with Crippen molar-refractivity contribution >= 4 is 0 Å². The molecule has 3 nitrogen and oxygen atoms in total. The van der Waals surface area contributed by atoms with Crippen LogP contribution in [0.25, 0.3) is 0 Å². The van der Waals surface area contributed by atoms with E-state index < -0.39 is 0 Å². The summed E-state index contributed by atoms with van der Waals surface area (Å²) in [4.78, 5) is 0. The minimum Gasteiger partial charge on any atom is -0.491 e. The van der Waals surface area contributed by atoms with Crippen LogP contribution in [0, 0.1) is 0 Å². The van der Waals surface area contributed by atoms with Crippen LogP contribution in [0.3, 0.4) is 0 Å². The molecule has 0 spiro atoms. The van der Waals surface area contributed by atoms with Gasteiger partial charge in [-0.15, -0.1) is 0 Å². The molecule has 0 aromatic heterocycles. The van der Waals surface area contributed by atoms with Crippen LogP contribution in [0.15, 0.2) is 54.6 Å². The molecular formula is C23H31NO2. The minimum atomic E-state index is 0.268. The molecule has 1 N–H and O–H groups in total. The van der Waals surface area contributed by atoms with Crippen LogP contribution in [0.1, 0.15) is 49.8 Å². The Morgan fingerprint density at radius 3 is 2.62 bits per heavy atom.